The van der Waals surface area contributed by atoms with E-state index in [-0.39, 0.29) is 11.8 Å². The average molecular weight is 375 g/mol. The maximum Gasteiger partial charge on any atom is 0.253 e. The Balaban J connectivity index is 1.70. The molecule has 28 heavy (non-hydrogen) atoms. The van der Waals surface area contributed by atoms with Crippen molar-refractivity contribution in [2.45, 2.75) is 26.7 Å². The summed E-state index contributed by atoms with van der Waals surface area (Å²) in [5.74, 6) is 0.443. The molecule has 2 amide bonds. The molecule has 2 aromatic heterocycles. The zero-order valence-electron chi connectivity index (χ0n) is 15.8. The Morgan fingerprint density at radius 1 is 1.25 bits per heavy atom. The Labute approximate surface area is 162 Å². The van der Waals surface area contributed by atoms with Crippen LogP contribution in [0.2, 0.25) is 0 Å². The molecule has 1 aromatic carbocycles. The fourth-order valence-electron chi connectivity index (χ4n) is 3.42. The van der Waals surface area contributed by atoms with Crippen molar-refractivity contribution in [3.63, 3.8) is 0 Å². The number of H-pyrrole nitrogens is 1. The second-order valence-electron chi connectivity index (χ2n) is 6.75. The number of anilines is 1. The van der Waals surface area contributed by atoms with Crippen molar-refractivity contribution < 1.29 is 9.59 Å². The number of nitrogens with one attached hydrogen (secondary N) is 3. The Bertz CT molecular complexity index is 1070. The predicted molar refractivity (Wildman–Crippen MR) is 107 cm³/mol. The standard InChI is InChI=1S/C21H21N5O2/c1-3-13-10-14(4-5-16(13)24-12(2)27)20-22-8-7-18(26-20)19-11-15-17(25-19)6-9-23-21(15)28/h4-5,7-8,10-11,25H,3,6,9H2,1-2H3,(H,23,28)(H,24,27). The minimum Gasteiger partial charge on any atom is -0.356 e. The highest BCUT2D eigenvalue weighted by Crippen LogP contribution is 2.27. The van der Waals surface area contributed by atoms with Gasteiger partial charge in [0.1, 0.15) is 0 Å². The van der Waals surface area contributed by atoms with Crippen LogP contribution in [-0.2, 0) is 17.6 Å². The summed E-state index contributed by atoms with van der Waals surface area (Å²) in [7, 11) is 0. The lowest BCUT2D eigenvalue weighted by Gasteiger charge is -2.11. The molecule has 4 rings (SSSR count). The Morgan fingerprint density at radius 2 is 2.11 bits per heavy atom. The van der Waals surface area contributed by atoms with E-state index in [1.54, 1.807) is 6.20 Å². The van der Waals surface area contributed by atoms with Crippen LogP contribution in [0.25, 0.3) is 22.8 Å². The summed E-state index contributed by atoms with van der Waals surface area (Å²) < 4.78 is 0. The van der Waals surface area contributed by atoms with Crippen molar-refractivity contribution in [1.82, 2.24) is 20.3 Å². The first kappa shape index (κ1) is 17.9. The average Bonchev–Trinajstić information content (AvgIpc) is 3.14. The number of carbonyl (C=O) groups is 2. The molecule has 7 heteroatoms. The molecule has 0 saturated heterocycles. The molecule has 1 aliphatic rings. The number of hydrogen-bond donors (Lipinski definition) is 3. The van der Waals surface area contributed by atoms with Gasteiger partial charge in [-0.05, 0) is 42.3 Å². The van der Waals surface area contributed by atoms with Gasteiger partial charge in [0.25, 0.3) is 5.91 Å². The van der Waals surface area contributed by atoms with Crippen LogP contribution in [0.4, 0.5) is 5.69 Å². The third kappa shape index (κ3) is 3.38. The second-order valence-corrected chi connectivity index (χ2v) is 6.75. The Kier molecular flexibility index (Phi) is 4.65. The summed E-state index contributed by atoms with van der Waals surface area (Å²) in [6.45, 7) is 4.17. The SMILES string of the molecule is CCc1cc(-c2nccc(-c3cc4c([nH]3)CCNC4=O)n2)ccc1NC(C)=O. The van der Waals surface area contributed by atoms with Crippen molar-refractivity contribution in [3.8, 4) is 22.8 Å². The molecule has 7 nitrogen and oxygen atoms in total. The molecule has 3 heterocycles. The minimum absolute atomic E-state index is 0.0563. The smallest absolute Gasteiger partial charge is 0.253 e. The Hall–Kier alpha value is -3.48. The van der Waals surface area contributed by atoms with E-state index in [1.165, 1.54) is 6.92 Å². The maximum absolute atomic E-state index is 12.0. The number of amides is 2. The van der Waals surface area contributed by atoms with Crippen LogP contribution in [0.1, 0.15) is 35.5 Å². The molecule has 3 N–H and O–H groups in total. The molecular weight excluding hydrogens is 354 g/mol. The highest BCUT2D eigenvalue weighted by atomic mass is 16.2. The van der Waals surface area contributed by atoms with E-state index in [1.807, 2.05) is 37.3 Å². The zero-order valence-corrected chi connectivity index (χ0v) is 15.8. The quantitative estimate of drug-likeness (QED) is 0.653. The van der Waals surface area contributed by atoms with Crippen LogP contribution in [-0.4, -0.2) is 33.3 Å². The van der Waals surface area contributed by atoms with E-state index < -0.39 is 0 Å². The van der Waals surface area contributed by atoms with Crippen molar-refractivity contribution in [2.24, 2.45) is 0 Å². The van der Waals surface area contributed by atoms with Gasteiger partial charge in [-0.3, -0.25) is 9.59 Å². The van der Waals surface area contributed by atoms with Crippen LogP contribution in [0.3, 0.4) is 0 Å². The molecule has 3 aromatic rings. The fourth-order valence-corrected chi connectivity index (χ4v) is 3.42. The van der Waals surface area contributed by atoms with Gasteiger partial charge in [-0.1, -0.05) is 6.92 Å². The third-order valence-corrected chi connectivity index (χ3v) is 4.79. The van der Waals surface area contributed by atoms with Gasteiger partial charge in [-0.2, -0.15) is 0 Å². The van der Waals surface area contributed by atoms with Gasteiger partial charge in [0.2, 0.25) is 5.91 Å². The third-order valence-electron chi connectivity index (χ3n) is 4.79. The van der Waals surface area contributed by atoms with Gasteiger partial charge in [0, 0.05) is 43.0 Å². The van der Waals surface area contributed by atoms with Gasteiger partial charge >= 0.3 is 0 Å². The van der Waals surface area contributed by atoms with E-state index in [9.17, 15) is 9.59 Å². The molecule has 0 spiro atoms. The number of carbonyl (C=O) groups excluding carboxylic acids is 2. The molecule has 0 fully saturated rings. The molecule has 0 radical (unpaired) electrons. The van der Waals surface area contributed by atoms with Crippen LogP contribution < -0.4 is 10.6 Å². The Morgan fingerprint density at radius 3 is 2.86 bits per heavy atom. The summed E-state index contributed by atoms with van der Waals surface area (Å²) >= 11 is 0. The number of aromatic amines is 1. The van der Waals surface area contributed by atoms with Crippen LogP contribution in [0.5, 0.6) is 0 Å². The monoisotopic (exact) mass is 375 g/mol. The van der Waals surface area contributed by atoms with E-state index in [2.05, 4.69) is 25.6 Å². The number of aryl methyl sites for hydroxylation is 1. The van der Waals surface area contributed by atoms with Gasteiger partial charge in [0.15, 0.2) is 5.82 Å². The first-order valence-electron chi connectivity index (χ1n) is 9.29. The van der Waals surface area contributed by atoms with Gasteiger partial charge < -0.3 is 15.6 Å². The van der Waals surface area contributed by atoms with E-state index in [0.29, 0.717) is 17.9 Å². The largest absolute Gasteiger partial charge is 0.356 e. The molecule has 0 atom stereocenters. The minimum atomic E-state index is -0.0968. The molecule has 0 saturated carbocycles. The van der Waals surface area contributed by atoms with Crippen LogP contribution in [0, 0.1) is 0 Å². The summed E-state index contributed by atoms with van der Waals surface area (Å²) in [6.07, 6.45) is 3.27. The van der Waals surface area contributed by atoms with E-state index in [0.717, 1.165) is 46.7 Å². The molecule has 0 bridgehead atoms. The van der Waals surface area contributed by atoms with Gasteiger partial charge in [-0.15, -0.1) is 0 Å². The zero-order chi connectivity index (χ0) is 19.7. The number of fused-ring (bicyclic) bond motifs is 1. The topological polar surface area (TPSA) is 99.8 Å². The normalized spacial score (nSPS) is 13.0. The van der Waals surface area contributed by atoms with Crippen molar-refractivity contribution in [1.29, 1.82) is 0 Å². The second kappa shape index (κ2) is 7.26. The number of benzene rings is 1. The lowest BCUT2D eigenvalue weighted by Crippen LogP contribution is -2.31. The van der Waals surface area contributed by atoms with Gasteiger partial charge in [-0.25, -0.2) is 9.97 Å². The van der Waals surface area contributed by atoms with Crippen molar-refractivity contribution >= 4 is 17.5 Å². The van der Waals surface area contributed by atoms with Crippen molar-refractivity contribution in [2.75, 3.05) is 11.9 Å². The van der Waals surface area contributed by atoms with Crippen LogP contribution in [0.15, 0.2) is 36.5 Å². The van der Waals surface area contributed by atoms with Crippen molar-refractivity contribution in [3.05, 3.63) is 53.3 Å². The molecular formula is C21H21N5O2. The van der Waals surface area contributed by atoms with E-state index >= 15 is 0 Å². The summed E-state index contributed by atoms with van der Waals surface area (Å²) in [4.78, 5) is 35.8. The fraction of sp³-hybridized carbons (Fsp3) is 0.238. The lowest BCUT2D eigenvalue weighted by atomic mass is 10.1. The number of rotatable bonds is 4. The first-order valence-corrected chi connectivity index (χ1v) is 9.29. The highest BCUT2D eigenvalue weighted by molar-refractivity contribution is 5.97. The predicted octanol–water partition coefficient (Wildman–Crippen LogP) is 2.95. The number of hydrogen-bond acceptors (Lipinski definition) is 4. The van der Waals surface area contributed by atoms with Gasteiger partial charge in [0.05, 0.1) is 17.0 Å². The molecule has 142 valence electrons. The molecule has 0 aliphatic carbocycles. The summed E-state index contributed by atoms with van der Waals surface area (Å²) in [6, 6.07) is 9.44. The van der Waals surface area contributed by atoms with E-state index in [4.69, 9.17) is 0 Å². The van der Waals surface area contributed by atoms with Crippen LogP contribution >= 0.6 is 0 Å². The molecule has 1 aliphatic heterocycles. The lowest BCUT2D eigenvalue weighted by molar-refractivity contribution is -0.114. The summed E-state index contributed by atoms with van der Waals surface area (Å²) in [5.41, 5.74) is 5.85. The first-order chi connectivity index (χ1) is 13.5. The maximum atomic E-state index is 12.0. The molecule has 0 unspecified atom stereocenters. The summed E-state index contributed by atoms with van der Waals surface area (Å²) in [5, 5.41) is 5.70. The number of nitrogens with zero attached hydrogens (tertiary/aromatic N) is 2. The number of aromatic nitrogens is 3. The highest BCUT2D eigenvalue weighted by Gasteiger charge is 2.20.